The van der Waals surface area contributed by atoms with Crippen LogP contribution in [0.25, 0.3) is 11.1 Å². The van der Waals surface area contributed by atoms with Gasteiger partial charge in [0.15, 0.2) is 0 Å². The summed E-state index contributed by atoms with van der Waals surface area (Å²) in [5.74, 6) is 0.695. The lowest BCUT2D eigenvalue weighted by Crippen LogP contribution is -2.34. The second-order valence-corrected chi connectivity index (χ2v) is 5.63. The van der Waals surface area contributed by atoms with Crippen molar-refractivity contribution in [2.75, 3.05) is 20.8 Å². The van der Waals surface area contributed by atoms with Crippen LogP contribution in [0.5, 0.6) is 11.5 Å². The normalized spacial score (nSPS) is 11.3. The smallest absolute Gasteiger partial charge is 0.323 e. The fourth-order valence-electron chi connectivity index (χ4n) is 2.66. The molecule has 2 aromatic rings. The van der Waals surface area contributed by atoms with Gasteiger partial charge in [-0.3, -0.25) is 4.79 Å². The number of benzene rings is 2. The average Bonchev–Trinajstić information content (AvgIpc) is 2.67. The zero-order valence-electron chi connectivity index (χ0n) is 15.1. The summed E-state index contributed by atoms with van der Waals surface area (Å²) >= 11 is 0. The first-order valence-corrected chi connectivity index (χ1v) is 8.21. The first kappa shape index (κ1) is 19.3. The van der Waals surface area contributed by atoms with Crippen molar-refractivity contribution < 1.29 is 19.0 Å². The zero-order chi connectivity index (χ0) is 19.1. The molecular formula is C20H22N2O4. The molecule has 0 heterocycles. The molecular weight excluding hydrogens is 332 g/mol. The van der Waals surface area contributed by atoms with E-state index in [1.54, 1.807) is 33.3 Å². The fraction of sp³-hybridized carbons (Fsp3) is 0.300. The summed E-state index contributed by atoms with van der Waals surface area (Å²) in [5.41, 5.74) is 8.87. The highest BCUT2D eigenvalue weighted by Gasteiger charge is 2.17. The summed E-state index contributed by atoms with van der Waals surface area (Å²) in [6.07, 6.45) is 0.390. The van der Waals surface area contributed by atoms with E-state index >= 15 is 0 Å². The molecule has 2 rings (SSSR count). The molecule has 6 heteroatoms. The first-order valence-electron chi connectivity index (χ1n) is 8.21. The van der Waals surface area contributed by atoms with Crippen molar-refractivity contribution in [3.05, 3.63) is 47.5 Å². The van der Waals surface area contributed by atoms with E-state index in [0.29, 0.717) is 30.1 Å². The third kappa shape index (κ3) is 4.32. The minimum Gasteiger partial charge on any atom is -0.496 e. The number of carbonyl (C=O) groups excluding carboxylic acids is 1. The molecule has 0 aromatic heterocycles. The summed E-state index contributed by atoms with van der Waals surface area (Å²) < 4.78 is 15.8. The van der Waals surface area contributed by atoms with Gasteiger partial charge in [0.2, 0.25) is 0 Å². The largest absolute Gasteiger partial charge is 0.496 e. The SMILES string of the molecule is CCOC(=O)C(N)Cc1ccc(-c2c(OC)cc(C#N)cc2OC)cc1. The number of nitriles is 1. The summed E-state index contributed by atoms with van der Waals surface area (Å²) in [6, 6.07) is 12.3. The Morgan fingerprint density at radius 3 is 2.19 bits per heavy atom. The summed E-state index contributed by atoms with van der Waals surface area (Å²) in [4.78, 5) is 11.7. The second-order valence-electron chi connectivity index (χ2n) is 5.63. The van der Waals surface area contributed by atoms with Gasteiger partial charge < -0.3 is 19.9 Å². The van der Waals surface area contributed by atoms with E-state index in [0.717, 1.165) is 16.7 Å². The van der Waals surface area contributed by atoms with Crippen molar-refractivity contribution in [1.29, 1.82) is 5.26 Å². The molecule has 0 aliphatic heterocycles. The number of rotatable bonds is 7. The van der Waals surface area contributed by atoms with E-state index in [9.17, 15) is 4.79 Å². The monoisotopic (exact) mass is 354 g/mol. The molecule has 2 N–H and O–H groups in total. The van der Waals surface area contributed by atoms with Crippen molar-refractivity contribution in [2.24, 2.45) is 5.73 Å². The molecule has 136 valence electrons. The Kier molecular flexibility index (Phi) is 6.59. The number of nitrogens with two attached hydrogens (primary N) is 1. The Balaban J connectivity index is 2.31. The van der Waals surface area contributed by atoms with Crippen molar-refractivity contribution in [3.63, 3.8) is 0 Å². The van der Waals surface area contributed by atoms with Gasteiger partial charge in [0.05, 0.1) is 38.0 Å². The summed E-state index contributed by atoms with van der Waals surface area (Å²) in [5, 5.41) is 9.13. The maximum atomic E-state index is 11.7. The van der Waals surface area contributed by atoms with E-state index in [1.165, 1.54) is 0 Å². The number of esters is 1. The highest BCUT2D eigenvalue weighted by Crippen LogP contribution is 2.39. The Morgan fingerprint density at radius 1 is 1.15 bits per heavy atom. The second kappa shape index (κ2) is 8.88. The van der Waals surface area contributed by atoms with Gasteiger partial charge in [-0.25, -0.2) is 0 Å². The number of hydrogen-bond acceptors (Lipinski definition) is 6. The van der Waals surface area contributed by atoms with Crippen LogP contribution in [0, 0.1) is 11.3 Å². The molecule has 0 aliphatic carbocycles. The number of hydrogen-bond donors (Lipinski definition) is 1. The van der Waals surface area contributed by atoms with Crippen LogP contribution in [0.2, 0.25) is 0 Å². The van der Waals surface area contributed by atoms with Crippen LogP contribution in [0.1, 0.15) is 18.1 Å². The van der Waals surface area contributed by atoms with E-state index in [1.807, 2.05) is 24.3 Å². The molecule has 0 spiro atoms. The Labute approximate surface area is 153 Å². The third-order valence-electron chi connectivity index (χ3n) is 3.92. The van der Waals surface area contributed by atoms with Gasteiger partial charge in [-0.2, -0.15) is 5.26 Å². The lowest BCUT2D eigenvalue weighted by molar-refractivity contribution is -0.144. The standard InChI is InChI=1S/C20H22N2O4/c1-4-26-20(23)16(22)9-13-5-7-15(8-6-13)19-17(24-2)10-14(12-21)11-18(19)25-3/h5-8,10-11,16H,4,9,22H2,1-3H3. The fourth-order valence-corrected chi connectivity index (χ4v) is 2.66. The van der Waals surface area contributed by atoms with Crippen LogP contribution in [0.15, 0.2) is 36.4 Å². The highest BCUT2D eigenvalue weighted by atomic mass is 16.5. The van der Waals surface area contributed by atoms with Gasteiger partial charge in [-0.05, 0) is 36.6 Å². The molecule has 0 saturated carbocycles. The van der Waals surface area contributed by atoms with E-state index < -0.39 is 12.0 Å². The highest BCUT2D eigenvalue weighted by molar-refractivity contribution is 5.79. The third-order valence-corrected chi connectivity index (χ3v) is 3.92. The van der Waals surface area contributed by atoms with Crippen molar-refractivity contribution in [1.82, 2.24) is 0 Å². The van der Waals surface area contributed by atoms with Crippen LogP contribution in [0.3, 0.4) is 0 Å². The van der Waals surface area contributed by atoms with E-state index in [-0.39, 0.29) is 0 Å². The van der Waals surface area contributed by atoms with Crippen LogP contribution < -0.4 is 15.2 Å². The average molecular weight is 354 g/mol. The molecule has 0 radical (unpaired) electrons. The maximum Gasteiger partial charge on any atom is 0.323 e. The predicted octanol–water partition coefficient (Wildman–Crippen LogP) is 2.68. The summed E-state index contributed by atoms with van der Waals surface area (Å²) in [7, 11) is 3.10. The summed E-state index contributed by atoms with van der Waals surface area (Å²) in [6.45, 7) is 2.06. The minimum atomic E-state index is -0.695. The number of nitrogens with zero attached hydrogens (tertiary/aromatic N) is 1. The molecule has 1 atom stereocenters. The molecule has 2 aromatic carbocycles. The van der Waals surface area contributed by atoms with Gasteiger partial charge in [0, 0.05) is 0 Å². The first-order chi connectivity index (χ1) is 12.5. The van der Waals surface area contributed by atoms with Gasteiger partial charge >= 0.3 is 5.97 Å². The van der Waals surface area contributed by atoms with Gasteiger partial charge in [-0.1, -0.05) is 24.3 Å². The molecule has 0 saturated heterocycles. The number of methoxy groups -OCH3 is 2. The Morgan fingerprint density at radius 2 is 1.73 bits per heavy atom. The van der Waals surface area contributed by atoms with Crippen LogP contribution >= 0.6 is 0 Å². The molecule has 6 nitrogen and oxygen atoms in total. The van der Waals surface area contributed by atoms with E-state index in [4.69, 9.17) is 25.2 Å². The van der Waals surface area contributed by atoms with Crippen LogP contribution in [0.4, 0.5) is 0 Å². The van der Waals surface area contributed by atoms with Crippen LogP contribution in [-0.2, 0) is 16.0 Å². The molecule has 1 unspecified atom stereocenters. The van der Waals surface area contributed by atoms with Crippen molar-refractivity contribution in [2.45, 2.75) is 19.4 Å². The quantitative estimate of drug-likeness (QED) is 0.768. The predicted molar refractivity (Wildman–Crippen MR) is 98.0 cm³/mol. The van der Waals surface area contributed by atoms with Crippen molar-refractivity contribution in [3.8, 4) is 28.7 Å². The Hall–Kier alpha value is -3.04. The maximum absolute atomic E-state index is 11.7. The van der Waals surface area contributed by atoms with Crippen molar-refractivity contribution >= 4 is 5.97 Å². The minimum absolute atomic E-state index is 0.309. The number of ether oxygens (including phenoxy) is 3. The molecule has 0 aliphatic rings. The van der Waals surface area contributed by atoms with E-state index in [2.05, 4.69) is 6.07 Å². The Bertz CT molecular complexity index is 785. The lowest BCUT2D eigenvalue weighted by Gasteiger charge is -2.15. The van der Waals surface area contributed by atoms with Gasteiger partial charge in [-0.15, -0.1) is 0 Å². The zero-order valence-corrected chi connectivity index (χ0v) is 15.1. The number of carbonyl (C=O) groups is 1. The topological polar surface area (TPSA) is 94.6 Å². The van der Waals surface area contributed by atoms with Crippen LogP contribution in [-0.4, -0.2) is 32.8 Å². The molecule has 0 fully saturated rings. The molecule has 26 heavy (non-hydrogen) atoms. The molecule has 0 bridgehead atoms. The lowest BCUT2D eigenvalue weighted by atomic mass is 9.98. The van der Waals surface area contributed by atoms with Gasteiger partial charge in [0.1, 0.15) is 17.5 Å². The molecule has 0 amide bonds. The van der Waals surface area contributed by atoms with Gasteiger partial charge in [0.25, 0.3) is 0 Å².